The minimum atomic E-state index is -0.945. The molecule has 0 aromatic heterocycles. The second-order valence-electron chi connectivity index (χ2n) is 5.45. The van der Waals surface area contributed by atoms with E-state index in [1.807, 2.05) is 17.0 Å². The molecule has 0 unspecified atom stereocenters. The van der Waals surface area contributed by atoms with E-state index in [0.717, 1.165) is 0 Å². The van der Waals surface area contributed by atoms with Crippen molar-refractivity contribution in [3.63, 3.8) is 0 Å². The molecule has 1 aromatic rings. The Kier molecular flexibility index (Phi) is 6.08. The molecule has 4 heteroatoms. The Morgan fingerprint density at radius 2 is 1.43 bits per heavy atom. The Morgan fingerprint density at radius 3 is 2.00 bits per heavy atom. The van der Waals surface area contributed by atoms with Gasteiger partial charge in [0, 0.05) is 0 Å². The van der Waals surface area contributed by atoms with E-state index in [0.29, 0.717) is 0 Å². The van der Waals surface area contributed by atoms with Crippen LogP contribution >= 0.6 is 0 Å². The molecule has 0 atom stereocenters. The van der Waals surface area contributed by atoms with Gasteiger partial charge in [-0.05, 0) is 0 Å². The molecule has 2 aliphatic carbocycles. The Balaban J connectivity index is 0.000000807. The van der Waals surface area contributed by atoms with Crippen LogP contribution in [0, 0.1) is 0 Å². The Bertz CT molecular complexity index is 608. The molecule has 3 aliphatic rings. The molecule has 1 heterocycles. The summed E-state index contributed by atoms with van der Waals surface area (Å²) in [5.74, 6) is 0. The van der Waals surface area contributed by atoms with Gasteiger partial charge in [-0.2, -0.15) is 0 Å². The molecule has 0 bridgehead atoms. The van der Waals surface area contributed by atoms with Crippen molar-refractivity contribution in [3.8, 4) is 0 Å². The van der Waals surface area contributed by atoms with Gasteiger partial charge in [0.2, 0.25) is 0 Å². The van der Waals surface area contributed by atoms with Gasteiger partial charge in [0.05, 0.1) is 0 Å². The summed E-state index contributed by atoms with van der Waals surface area (Å²) in [7, 11) is -0.945. The summed E-state index contributed by atoms with van der Waals surface area (Å²) in [5, 5.41) is 3.64. The molecule has 0 saturated heterocycles. The molecule has 21 heavy (non-hydrogen) atoms. The third kappa shape index (κ3) is 3.29. The molecule has 0 radical (unpaired) electrons. The quantitative estimate of drug-likeness (QED) is 0.478. The first-order chi connectivity index (χ1) is 9.42. The van der Waals surface area contributed by atoms with Crippen molar-refractivity contribution in [1.29, 1.82) is 0 Å². The maximum absolute atomic E-state index is 2.48. The van der Waals surface area contributed by atoms with E-state index >= 15 is 0 Å². The van der Waals surface area contributed by atoms with Crippen LogP contribution in [-0.4, -0.2) is 8.80 Å². The van der Waals surface area contributed by atoms with Gasteiger partial charge in [0.15, 0.2) is 0 Å². The van der Waals surface area contributed by atoms with E-state index in [2.05, 4.69) is 54.6 Å². The molecule has 0 fully saturated rings. The first kappa shape index (κ1) is 17.2. The summed E-state index contributed by atoms with van der Waals surface area (Å²) >= 11 is -0.385. The molecule has 0 saturated carbocycles. The molecule has 1 aliphatic heterocycles. The zero-order chi connectivity index (χ0) is 12.7. The second-order valence-corrected chi connectivity index (χ2v) is 11.8. The van der Waals surface area contributed by atoms with E-state index in [1.165, 1.54) is 24.4 Å². The predicted octanol–water partition coefficient (Wildman–Crippen LogP) is -2.39. The molecule has 0 nitrogen and oxygen atoms in total. The Morgan fingerprint density at radius 1 is 0.857 bits per heavy atom. The third-order valence-electron chi connectivity index (χ3n) is 4.27. The second kappa shape index (κ2) is 7.42. The minimum Gasteiger partial charge on any atom is -1.00 e. The van der Waals surface area contributed by atoms with E-state index in [4.69, 9.17) is 0 Å². The number of hydrogen-bond acceptors (Lipinski definition) is 0. The summed E-state index contributed by atoms with van der Waals surface area (Å²) in [4.78, 5) is 0. The van der Waals surface area contributed by atoms with Gasteiger partial charge in [-0.25, -0.2) is 0 Å². The molecular formula is C17H16Cl2SiZr. The van der Waals surface area contributed by atoms with Gasteiger partial charge in [-0.15, -0.1) is 0 Å². The fraction of sp³-hybridized carbons (Fsp3) is 0.176. The van der Waals surface area contributed by atoms with Crippen LogP contribution in [-0.2, 0) is 29.3 Å². The van der Waals surface area contributed by atoms with Crippen molar-refractivity contribution in [1.82, 2.24) is 0 Å². The zero-order valence-electron chi connectivity index (χ0n) is 11.7. The standard InChI is InChI=1S/C17H16Si.2ClH.Zr/c1-2-8-15(9-3-1)14-18(16-10-4-5-11-16)17-12-6-7-13-17;;;/h1-4,6,8-10,12,18H,5,7,14H2;2*1H;/q;;;+2/p-2. The first-order valence-electron chi connectivity index (χ1n) is 7.02. The van der Waals surface area contributed by atoms with Crippen LogP contribution < -0.4 is 24.8 Å². The molecular weight excluding hydrogens is 394 g/mol. The first-order valence-corrected chi connectivity index (χ1v) is 11.4. The smallest absolute Gasteiger partial charge is 1.00 e. The fourth-order valence-electron chi connectivity index (χ4n) is 3.36. The van der Waals surface area contributed by atoms with E-state index in [1.54, 1.807) is 0 Å². The van der Waals surface area contributed by atoms with Crippen LogP contribution in [0.3, 0.4) is 0 Å². The number of benzene rings is 1. The van der Waals surface area contributed by atoms with Crippen LogP contribution in [0.1, 0.15) is 18.4 Å². The van der Waals surface area contributed by atoms with Crippen LogP contribution in [0.25, 0.3) is 0 Å². The van der Waals surface area contributed by atoms with Gasteiger partial charge >= 0.3 is 128 Å². The number of halogens is 2. The van der Waals surface area contributed by atoms with Gasteiger partial charge < -0.3 is 24.8 Å². The molecule has 1 aromatic carbocycles. The van der Waals surface area contributed by atoms with Crippen molar-refractivity contribution in [2.24, 2.45) is 0 Å². The summed E-state index contributed by atoms with van der Waals surface area (Å²) in [6.45, 7) is 0. The Labute approximate surface area is 152 Å². The monoisotopic (exact) mass is 408 g/mol. The van der Waals surface area contributed by atoms with Crippen molar-refractivity contribution < 1.29 is 48.0 Å². The summed E-state index contributed by atoms with van der Waals surface area (Å²) in [6.07, 6.45) is 12.4. The molecule has 106 valence electrons. The van der Waals surface area contributed by atoms with Crippen molar-refractivity contribution in [2.45, 2.75) is 18.9 Å². The number of hydrogen-bond donors (Lipinski definition) is 0. The molecule has 0 N–H and O–H groups in total. The zero-order valence-corrected chi connectivity index (χ0v) is 16.8. The molecule has 4 rings (SSSR count). The normalized spacial score (nSPS) is 18.5. The number of allylic oxidation sites excluding steroid dienone is 8. The average Bonchev–Trinajstić information content (AvgIpc) is 3.08. The van der Waals surface area contributed by atoms with Crippen LogP contribution in [0.4, 0.5) is 0 Å². The van der Waals surface area contributed by atoms with Gasteiger partial charge in [0.1, 0.15) is 0 Å². The third-order valence-corrected chi connectivity index (χ3v) is 13.1. The summed E-state index contributed by atoms with van der Waals surface area (Å²) in [6, 6.07) is 12.4. The fourth-order valence-corrected chi connectivity index (χ4v) is 13.2. The largest absolute Gasteiger partial charge is 1.00 e. The Hall–Kier alpha value is -0.140. The predicted molar refractivity (Wildman–Crippen MR) is 78.9 cm³/mol. The maximum atomic E-state index is 2.48. The maximum Gasteiger partial charge on any atom is -1.00 e. The van der Waals surface area contributed by atoms with Crippen LogP contribution in [0.5, 0.6) is 0 Å². The van der Waals surface area contributed by atoms with E-state index in [-0.39, 0.29) is 48.0 Å². The van der Waals surface area contributed by atoms with Crippen molar-refractivity contribution in [2.75, 3.05) is 0 Å². The van der Waals surface area contributed by atoms with Gasteiger partial charge in [-0.3, -0.25) is 0 Å². The van der Waals surface area contributed by atoms with Crippen LogP contribution in [0.2, 0.25) is 0 Å². The van der Waals surface area contributed by atoms with E-state index in [9.17, 15) is 0 Å². The van der Waals surface area contributed by atoms with Crippen LogP contribution in [0.15, 0.2) is 71.6 Å². The van der Waals surface area contributed by atoms with Gasteiger partial charge in [-0.1, -0.05) is 0 Å². The number of rotatable bonds is 2. The van der Waals surface area contributed by atoms with Crippen molar-refractivity contribution >= 4 is 8.80 Å². The average molecular weight is 411 g/mol. The summed E-state index contributed by atoms with van der Waals surface area (Å²) in [5.41, 5.74) is 1.53. The minimum absolute atomic E-state index is 0. The SMILES string of the molecule is C1=CC2=[C](C1)[Zr+2][C]1=C(C=CC1)[SiH]2Cc1ccccc1.[Cl-].[Cl-]. The summed E-state index contributed by atoms with van der Waals surface area (Å²) < 4.78 is 3.80. The van der Waals surface area contributed by atoms with E-state index < -0.39 is 8.80 Å². The molecule has 0 spiro atoms. The molecule has 0 amide bonds. The topological polar surface area (TPSA) is 0 Å². The van der Waals surface area contributed by atoms with Crippen molar-refractivity contribution in [3.05, 3.63) is 77.2 Å². The van der Waals surface area contributed by atoms with Gasteiger partial charge in [0.25, 0.3) is 0 Å².